The van der Waals surface area contributed by atoms with Gasteiger partial charge in [-0.1, -0.05) is 0 Å². The van der Waals surface area contributed by atoms with Crippen LogP contribution in [0.5, 0.6) is 0 Å². The number of hydrogen-bond donors (Lipinski definition) is 1. The van der Waals surface area contributed by atoms with Crippen LogP contribution in [0, 0.1) is 6.92 Å². The van der Waals surface area contributed by atoms with E-state index < -0.39 is 0 Å². The van der Waals surface area contributed by atoms with Crippen LogP contribution >= 0.6 is 11.3 Å². The number of nitrogens with zero attached hydrogens (tertiary/aromatic N) is 1. The molecule has 0 spiro atoms. The zero-order valence-corrected chi connectivity index (χ0v) is 12.1. The van der Waals surface area contributed by atoms with Crippen LogP contribution in [0.2, 0.25) is 0 Å². The maximum Gasteiger partial charge on any atom is 0.0972 e. The second-order valence-electron chi connectivity index (χ2n) is 4.72. The van der Waals surface area contributed by atoms with Crippen LogP contribution in [0.25, 0.3) is 0 Å². The average Bonchev–Trinajstić information content (AvgIpc) is 2.97. The summed E-state index contributed by atoms with van der Waals surface area (Å²) in [7, 11) is 3.49. The molecule has 102 valence electrons. The highest BCUT2D eigenvalue weighted by Crippen LogP contribution is 2.31. The highest BCUT2D eigenvalue weighted by molar-refractivity contribution is 7.10. The van der Waals surface area contributed by atoms with Crippen molar-refractivity contribution in [3.63, 3.8) is 0 Å². The lowest BCUT2D eigenvalue weighted by atomic mass is 10.1. The van der Waals surface area contributed by atoms with Gasteiger partial charge in [0.1, 0.15) is 0 Å². The fourth-order valence-corrected chi connectivity index (χ4v) is 3.70. The van der Waals surface area contributed by atoms with Gasteiger partial charge in [-0.3, -0.25) is 4.90 Å². The van der Waals surface area contributed by atoms with Crippen molar-refractivity contribution in [2.24, 2.45) is 5.73 Å². The Hall–Kier alpha value is -0.460. The van der Waals surface area contributed by atoms with Crippen molar-refractivity contribution < 1.29 is 9.47 Å². The molecule has 1 aromatic rings. The molecule has 3 atom stereocenters. The fraction of sp³-hybridized carbons (Fsp3) is 0.692. The van der Waals surface area contributed by atoms with Crippen molar-refractivity contribution in [1.82, 2.24) is 4.90 Å². The average molecular weight is 270 g/mol. The minimum Gasteiger partial charge on any atom is -0.377 e. The molecular weight excluding hydrogens is 248 g/mol. The van der Waals surface area contributed by atoms with E-state index in [2.05, 4.69) is 23.3 Å². The molecule has 1 aromatic heterocycles. The van der Waals surface area contributed by atoms with Crippen LogP contribution in [-0.4, -0.2) is 51.0 Å². The highest BCUT2D eigenvalue weighted by Gasteiger charge is 2.37. The van der Waals surface area contributed by atoms with Gasteiger partial charge >= 0.3 is 0 Å². The molecule has 4 nitrogen and oxygen atoms in total. The topological polar surface area (TPSA) is 47.7 Å². The van der Waals surface area contributed by atoms with E-state index in [1.807, 2.05) is 0 Å². The standard InChI is InChI=1S/C13H22N2O2S/c1-9-4-5-18-13(9)10(6-14)15-7-11(16-2)12(8-15)17-3/h4-5,10-12H,6-8,14H2,1-3H3. The molecule has 2 rings (SSSR count). The zero-order chi connectivity index (χ0) is 13.1. The number of likely N-dealkylation sites (tertiary alicyclic amines) is 1. The summed E-state index contributed by atoms with van der Waals surface area (Å²) in [6, 6.07) is 2.43. The van der Waals surface area contributed by atoms with Crippen LogP contribution in [0.15, 0.2) is 11.4 Å². The van der Waals surface area contributed by atoms with Gasteiger partial charge in [0.05, 0.1) is 18.2 Å². The van der Waals surface area contributed by atoms with E-state index in [4.69, 9.17) is 15.2 Å². The summed E-state index contributed by atoms with van der Waals surface area (Å²) in [5.74, 6) is 0. The highest BCUT2D eigenvalue weighted by atomic mass is 32.1. The van der Waals surface area contributed by atoms with Gasteiger partial charge in [0.25, 0.3) is 0 Å². The van der Waals surface area contributed by atoms with Gasteiger partial charge < -0.3 is 15.2 Å². The van der Waals surface area contributed by atoms with Crippen LogP contribution in [0.1, 0.15) is 16.5 Å². The lowest BCUT2D eigenvalue weighted by Gasteiger charge is -2.26. The molecule has 0 radical (unpaired) electrons. The monoisotopic (exact) mass is 270 g/mol. The van der Waals surface area contributed by atoms with Crippen LogP contribution in [0.4, 0.5) is 0 Å². The first-order valence-corrected chi connectivity index (χ1v) is 7.13. The van der Waals surface area contributed by atoms with E-state index in [1.54, 1.807) is 25.6 Å². The van der Waals surface area contributed by atoms with Gasteiger partial charge in [0.2, 0.25) is 0 Å². The zero-order valence-electron chi connectivity index (χ0n) is 11.3. The Morgan fingerprint density at radius 3 is 2.39 bits per heavy atom. The summed E-state index contributed by atoms with van der Waals surface area (Å²) >= 11 is 1.78. The summed E-state index contributed by atoms with van der Waals surface area (Å²) in [5.41, 5.74) is 7.29. The Morgan fingerprint density at radius 2 is 2.00 bits per heavy atom. The third-order valence-electron chi connectivity index (χ3n) is 3.72. The molecule has 1 aliphatic rings. The lowest BCUT2D eigenvalue weighted by molar-refractivity contribution is -0.00461. The number of ether oxygens (including phenoxy) is 2. The smallest absolute Gasteiger partial charge is 0.0972 e. The Balaban J connectivity index is 2.13. The second-order valence-corrected chi connectivity index (χ2v) is 5.67. The van der Waals surface area contributed by atoms with Gasteiger partial charge in [0.15, 0.2) is 0 Å². The number of thiophene rings is 1. The van der Waals surface area contributed by atoms with Crippen molar-refractivity contribution in [1.29, 1.82) is 0 Å². The largest absolute Gasteiger partial charge is 0.377 e. The molecule has 0 aliphatic carbocycles. The van der Waals surface area contributed by atoms with Crippen molar-refractivity contribution >= 4 is 11.3 Å². The molecule has 2 N–H and O–H groups in total. The fourth-order valence-electron chi connectivity index (χ4n) is 2.63. The number of hydrogen-bond acceptors (Lipinski definition) is 5. The second kappa shape index (κ2) is 6.12. The van der Waals surface area contributed by atoms with Gasteiger partial charge in [-0.2, -0.15) is 0 Å². The van der Waals surface area contributed by atoms with E-state index in [-0.39, 0.29) is 18.2 Å². The molecule has 3 unspecified atom stereocenters. The predicted molar refractivity (Wildman–Crippen MR) is 74.0 cm³/mol. The van der Waals surface area contributed by atoms with E-state index in [9.17, 15) is 0 Å². The third kappa shape index (κ3) is 2.60. The summed E-state index contributed by atoms with van der Waals surface area (Å²) < 4.78 is 11.0. The molecule has 1 aliphatic heterocycles. The summed E-state index contributed by atoms with van der Waals surface area (Å²) in [6.45, 7) is 4.54. The van der Waals surface area contributed by atoms with Crippen molar-refractivity contribution in [3.8, 4) is 0 Å². The Kier molecular flexibility index (Phi) is 4.75. The Morgan fingerprint density at radius 1 is 1.39 bits per heavy atom. The van der Waals surface area contributed by atoms with E-state index >= 15 is 0 Å². The van der Waals surface area contributed by atoms with Gasteiger partial charge in [-0.25, -0.2) is 0 Å². The van der Waals surface area contributed by atoms with Gasteiger partial charge in [-0.05, 0) is 23.9 Å². The first-order chi connectivity index (χ1) is 8.71. The molecule has 0 saturated carbocycles. The molecular formula is C13H22N2O2S. The first kappa shape index (κ1) is 14.0. The third-order valence-corrected chi connectivity index (χ3v) is 4.84. The van der Waals surface area contributed by atoms with E-state index in [1.165, 1.54) is 10.4 Å². The normalized spacial score (nSPS) is 26.7. The number of aryl methyl sites for hydroxylation is 1. The number of nitrogens with two attached hydrogens (primary N) is 1. The molecule has 1 fully saturated rings. The molecule has 0 amide bonds. The molecule has 0 bridgehead atoms. The molecule has 5 heteroatoms. The minimum atomic E-state index is 0.143. The van der Waals surface area contributed by atoms with Crippen molar-refractivity contribution in [2.75, 3.05) is 33.9 Å². The van der Waals surface area contributed by atoms with Gasteiger partial charge in [0, 0.05) is 38.7 Å². The Labute approximate surface area is 113 Å². The summed E-state index contributed by atoms with van der Waals surface area (Å²) in [6.07, 6.45) is 0.286. The molecule has 1 saturated heterocycles. The Bertz CT molecular complexity index is 371. The van der Waals surface area contributed by atoms with E-state index in [0.29, 0.717) is 6.54 Å². The van der Waals surface area contributed by atoms with Gasteiger partial charge in [-0.15, -0.1) is 11.3 Å². The maximum atomic E-state index is 5.97. The molecule has 0 aromatic carbocycles. The lowest BCUT2D eigenvalue weighted by Crippen LogP contribution is -2.33. The predicted octanol–water partition coefficient (Wildman–Crippen LogP) is 1.40. The molecule has 2 heterocycles. The quantitative estimate of drug-likeness (QED) is 0.878. The van der Waals surface area contributed by atoms with Crippen LogP contribution in [-0.2, 0) is 9.47 Å². The van der Waals surface area contributed by atoms with Crippen molar-refractivity contribution in [3.05, 3.63) is 21.9 Å². The number of rotatable bonds is 5. The molecule has 18 heavy (non-hydrogen) atoms. The summed E-state index contributed by atoms with van der Waals surface area (Å²) in [5, 5.41) is 2.13. The maximum absolute atomic E-state index is 5.97. The van der Waals surface area contributed by atoms with Crippen molar-refractivity contribution in [2.45, 2.75) is 25.2 Å². The van der Waals surface area contributed by atoms with Crippen LogP contribution < -0.4 is 5.73 Å². The van der Waals surface area contributed by atoms with E-state index in [0.717, 1.165) is 13.1 Å². The first-order valence-electron chi connectivity index (χ1n) is 6.25. The van der Waals surface area contributed by atoms with Crippen LogP contribution in [0.3, 0.4) is 0 Å². The summed E-state index contributed by atoms with van der Waals surface area (Å²) in [4.78, 5) is 3.74. The SMILES string of the molecule is COC1CN(C(CN)c2sccc2C)CC1OC. The number of methoxy groups -OCH3 is 2. The minimum absolute atomic E-state index is 0.143.